The zero-order valence-corrected chi connectivity index (χ0v) is 15.8. The molecule has 1 fully saturated rings. The van der Waals surface area contributed by atoms with Gasteiger partial charge in [-0.25, -0.2) is 0 Å². The Bertz CT molecular complexity index is 1130. The van der Waals surface area contributed by atoms with Crippen molar-refractivity contribution in [1.82, 2.24) is 4.31 Å². The highest BCUT2D eigenvalue weighted by atomic mass is 32.2. The van der Waals surface area contributed by atoms with E-state index in [0.717, 1.165) is 22.4 Å². The van der Waals surface area contributed by atoms with Crippen LogP contribution in [0, 0.1) is 0 Å². The van der Waals surface area contributed by atoms with Gasteiger partial charge in [0, 0.05) is 25.0 Å². The summed E-state index contributed by atoms with van der Waals surface area (Å²) in [5, 5.41) is 0. The molecule has 0 radical (unpaired) electrons. The van der Waals surface area contributed by atoms with Gasteiger partial charge in [-0.1, -0.05) is 42.5 Å². The predicted molar refractivity (Wildman–Crippen MR) is 100.0 cm³/mol. The predicted octanol–water partition coefficient (Wildman–Crippen LogP) is 4.03. The Labute approximate surface area is 160 Å². The molecule has 0 saturated carbocycles. The number of benzene rings is 2. The molecule has 2 atom stereocenters. The number of anilines is 1. The van der Waals surface area contributed by atoms with Crippen LogP contribution in [-0.4, -0.2) is 31.8 Å². The first kappa shape index (κ1) is 17.6. The van der Waals surface area contributed by atoms with Gasteiger partial charge >= 0.3 is 15.5 Å². The number of likely N-dealkylation sites (N-methyl/N-ethyl adjacent to an activating group) is 1. The van der Waals surface area contributed by atoms with Gasteiger partial charge in [0.25, 0.3) is 0 Å². The Morgan fingerprint density at radius 3 is 2.50 bits per heavy atom. The van der Waals surface area contributed by atoms with E-state index in [1.807, 2.05) is 55.6 Å². The molecule has 4 nitrogen and oxygen atoms in total. The first-order valence-electron chi connectivity index (χ1n) is 8.92. The van der Waals surface area contributed by atoms with Gasteiger partial charge in [-0.15, -0.1) is 0 Å². The number of nitrogens with zero attached hydrogens (tertiary/aromatic N) is 2. The van der Waals surface area contributed by atoms with Crippen LogP contribution in [0.3, 0.4) is 0 Å². The van der Waals surface area contributed by atoms with Crippen molar-refractivity contribution in [3.05, 3.63) is 70.9 Å². The molecule has 28 heavy (non-hydrogen) atoms. The molecule has 5 rings (SSSR count). The van der Waals surface area contributed by atoms with Crippen molar-refractivity contribution in [1.29, 1.82) is 0 Å². The smallest absolute Gasteiger partial charge is 0.366 e. The molecule has 0 amide bonds. The summed E-state index contributed by atoms with van der Waals surface area (Å²) in [7, 11) is -3.55. The van der Waals surface area contributed by atoms with E-state index in [0.29, 0.717) is 10.7 Å². The molecule has 3 aliphatic rings. The topological polar surface area (TPSA) is 40.6 Å². The van der Waals surface area contributed by atoms with E-state index >= 15 is 0 Å². The van der Waals surface area contributed by atoms with Gasteiger partial charge in [-0.3, -0.25) is 4.31 Å². The third-order valence-corrected chi connectivity index (χ3v) is 7.76. The van der Waals surface area contributed by atoms with E-state index in [1.165, 1.54) is 0 Å². The quantitative estimate of drug-likeness (QED) is 0.718. The van der Waals surface area contributed by atoms with E-state index in [4.69, 9.17) is 0 Å². The molecule has 2 aromatic carbocycles. The Morgan fingerprint density at radius 2 is 1.75 bits per heavy atom. The summed E-state index contributed by atoms with van der Waals surface area (Å²) < 4.78 is 65.4. The van der Waals surface area contributed by atoms with Crippen LogP contribution in [0.25, 0.3) is 6.08 Å². The third-order valence-electron chi connectivity index (χ3n) is 6.22. The van der Waals surface area contributed by atoms with Crippen molar-refractivity contribution in [2.75, 3.05) is 18.5 Å². The van der Waals surface area contributed by atoms with Crippen LogP contribution < -0.4 is 4.90 Å². The monoisotopic (exact) mass is 406 g/mol. The number of hydrogen-bond donors (Lipinski definition) is 0. The number of rotatable bonds is 1. The normalized spacial score (nSPS) is 25.7. The Kier molecular flexibility index (Phi) is 3.34. The molecule has 8 heteroatoms. The number of hydrogen-bond acceptors (Lipinski definition) is 3. The minimum atomic E-state index is -5.47. The molecule has 1 saturated heterocycles. The average Bonchev–Trinajstić information content (AvgIpc) is 3.16. The highest BCUT2D eigenvalue weighted by Gasteiger charge is 2.63. The molecule has 0 N–H and O–H groups in total. The second kappa shape index (κ2) is 5.31. The van der Waals surface area contributed by atoms with Crippen LogP contribution in [0.1, 0.15) is 29.2 Å². The fraction of sp³-hybridized carbons (Fsp3) is 0.300. The highest BCUT2D eigenvalue weighted by molar-refractivity contribution is 7.90. The van der Waals surface area contributed by atoms with E-state index in [-0.39, 0.29) is 18.3 Å². The van der Waals surface area contributed by atoms with Crippen molar-refractivity contribution >= 4 is 21.8 Å². The van der Waals surface area contributed by atoms with E-state index in [1.54, 1.807) is 6.08 Å². The van der Waals surface area contributed by atoms with E-state index < -0.39 is 20.9 Å². The maximum atomic E-state index is 13.4. The average molecular weight is 406 g/mol. The molecule has 0 unspecified atom stereocenters. The second-order valence-corrected chi connectivity index (χ2v) is 9.29. The molecule has 146 valence electrons. The van der Waals surface area contributed by atoms with Gasteiger partial charge in [-0.05, 0) is 35.3 Å². The Hall–Kier alpha value is -2.48. The lowest BCUT2D eigenvalue weighted by Gasteiger charge is -2.41. The van der Waals surface area contributed by atoms with Crippen molar-refractivity contribution < 1.29 is 21.6 Å². The molecule has 0 bridgehead atoms. The van der Waals surface area contributed by atoms with Crippen LogP contribution in [0.4, 0.5) is 18.9 Å². The molecular formula is C20H17F3N2O2S. The standard InChI is InChI=1S/C20H17F3N2O2S/c1-24-16-9-5-4-8-15(16)19-10-11-25(28(26,27)20(21,22)23)17(19)12-13-6-2-3-7-14(13)18(19)24/h2-9,12,18H,10-11H2,1H3/t18-,19+/m0/s1. The van der Waals surface area contributed by atoms with Crippen molar-refractivity contribution in [3.63, 3.8) is 0 Å². The van der Waals surface area contributed by atoms with Crippen LogP contribution in [0.15, 0.2) is 54.2 Å². The number of alkyl halides is 3. The van der Waals surface area contributed by atoms with Gasteiger partial charge < -0.3 is 4.90 Å². The van der Waals surface area contributed by atoms with Gasteiger partial charge in [0.05, 0.1) is 11.5 Å². The zero-order chi connectivity index (χ0) is 19.9. The first-order chi connectivity index (χ1) is 13.2. The molecule has 2 heterocycles. The molecule has 2 aliphatic heterocycles. The number of sulfonamides is 1. The summed E-state index contributed by atoms with van der Waals surface area (Å²) in [4.78, 5) is 2.06. The zero-order valence-electron chi connectivity index (χ0n) is 14.9. The SMILES string of the molecule is CN1c2ccccc2[C@]23CCN(S(=O)(=O)C(F)(F)F)C2=Cc2ccccc2[C@H]13. The lowest BCUT2D eigenvalue weighted by Crippen LogP contribution is -2.43. The van der Waals surface area contributed by atoms with Crippen molar-refractivity contribution in [2.24, 2.45) is 0 Å². The van der Waals surface area contributed by atoms with Gasteiger partial charge in [0.1, 0.15) is 0 Å². The molecule has 1 aliphatic carbocycles. The number of para-hydroxylation sites is 1. The fourth-order valence-corrected chi connectivity index (χ4v) is 6.22. The molecule has 2 aromatic rings. The highest BCUT2D eigenvalue weighted by Crippen LogP contribution is 2.64. The first-order valence-corrected chi connectivity index (χ1v) is 10.4. The van der Waals surface area contributed by atoms with Gasteiger partial charge in [0.15, 0.2) is 0 Å². The van der Waals surface area contributed by atoms with E-state index in [2.05, 4.69) is 4.90 Å². The molecular weight excluding hydrogens is 389 g/mol. The number of fused-ring (bicyclic) bond motifs is 3. The lowest BCUT2D eigenvalue weighted by atomic mass is 9.67. The summed E-state index contributed by atoms with van der Waals surface area (Å²) in [6.07, 6.45) is 1.92. The third kappa shape index (κ3) is 1.93. The van der Waals surface area contributed by atoms with Crippen LogP contribution in [0.5, 0.6) is 0 Å². The summed E-state index contributed by atoms with van der Waals surface area (Å²) in [6, 6.07) is 14.8. The Balaban J connectivity index is 1.82. The summed E-state index contributed by atoms with van der Waals surface area (Å²) in [5.41, 5.74) is -2.40. The van der Waals surface area contributed by atoms with E-state index in [9.17, 15) is 21.6 Å². The fourth-order valence-electron chi connectivity index (χ4n) is 5.16. The van der Waals surface area contributed by atoms with Crippen LogP contribution >= 0.6 is 0 Å². The maximum absolute atomic E-state index is 13.4. The molecule has 1 spiro atoms. The lowest BCUT2D eigenvalue weighted by molar-refractivity contribution is -0.0477. The molecule has 0 aromatic heterocycles. The number of halogens is 3. The Morgan fingerprint density at radius 1 is 1.07 bits per heavy atom. The van der Waals surface area contributed by atoms with Crippen LogP contribution in [-0.2, 0) is 15.4 Å². The summed E-state index contributed by atoms with van der Waals surface area (Å²) in [5.74, 6) is 0. The summed E-state index contributed by atoms with van der Waals surface area (Å²) >= 11 is 0. The van der Waals surface area contributed by atoms with Crippen molar-refractivity contribution in [2.45, 2.75) is 23.4 Å². The second-order valence-electron chi connectivity index (χ2n) is 7.43. The minimum Gasteiger partial charge on any atom is -0.366 e. The summed E-state index contributed by atoms with van der Waals surface area (Å²) in [6.45, 7) is -0.194. The largest absolute Gasteiger partial charge is 0.516 e. The maximum Gasteiger partial charge on any atom is 0.516 e. The van der Waals surface area contributed by atoms with Crippen molar-refractivity contribution in [3.8, 4) is 0 Å². The van der Waals surface area contributed by atoms with Gasteiger partial charge in [-0.2, -0.15) is 21.6 Å². The van der Waals surface area contributed by atoms with Crippen LogP contribution in [0.2, 0.25) is 0 Å². The van der Waals surface area contributed by atoms with Gasteiger partial charge in [0.2, 0.25) is 0 Å². The minimum absolute atomic E-state index is 0.194.